The number of rotatable bonds is 8. The molecule has 0 spiro atoms. The predicted octanol–water partition coefficient (Wildman–Crippen LogP) is 4.79. The molecule has 0 radical (unpaired) electrons. The Morgan fingerprint density at radius 2 is 1.76 bits per heavy atom. The first-order chi connectivity index (χ1) is 16.3. The van der Waals surface area contributed by atoms with Crippen molar-refractivity contribution in [1.29, 1.82) is 0 Å². The lowest BCUT2D eigenvalue weighted by molar-refractivity contribution is -0.274. The standard InChI is InChI=1S/C24H20F3N3O3S/c25-24(26,27)33-20-9-4-1-6-15(20)13-29-22(31)19(30-23(32)21-10-5-11-34-21)12-16-14-28-18-8-3-2-7-17(16)18/h1-11,14,19,28H,12-13H2,(H,29,31)(H,30,32)/t19-/m0/s1. The Kier molecular flexibility index (Phi) is 6.87. The molecule has 0 bridgehead atoms. The SMILES string of the molecule is O=C(N[C@@H](Cc1c[nH]c2ccccc12)C(=O)NCc1ccccc1OC(F)(F)F)c1cccs1. The van der Waals surface area contributed by atoms with Crippen molar-refractivity contribution in [3.05, 3.63) is 88.2 Å². The van der Waals surface area contributed by atoms with E-state index in [0.29, 0.717) is 4.88 Å². The minimum atomic E-state index is -4.85. The van der Waals surface area contributed by atoms with E-state index in [9.17, 15) is 22.8 Å². The smallest absolute Gasteiger partial charge is 0.405 e. The highest BCUT2D eigenvalue weighted by Gasteiger charge is 2.32. The molecule has 2 amide bonds. The summed E-state index contributed by atoms with van der Waals surface area (Å²) in [6.45, 7) is -0.204. The van der Waals surface area contributed by atoms with E-state index in [1.165, 1.54) is 29.5 Å². The van der Waals surface area contributed by atoms with Gasteiger partial charge in [-0.25, -0.2) is 0 Å². The van der Waals surface area contributed by atoms with Gasteiger partial charge in [-0.05, 0) is 29.1 Å². The lowest BCUT2D eigenvalue weighted by Gasteiger charge is -2.19. The number of aromatic amines is 1. The highest BCUT2D eigenvalue weighted by molar-refractivity contribution is 7.12. The summed E-state index contributed by atoms with van der Waals surface area (Å²) >= 11 is 1.24. The first kappa shape index (κ1) is 23.4. The molecule has 0 saturated heterocycles. The van der Waals surface area contributed by atoms with E-state index < -0.39 is 30.0 Å². The quantitative estimate of drug-likeness (QED) is 0.334. The summed E-state index contributed by atoms with van der Waals surface area (Å²) in [5.41, 5.74) is 1.87. The number of fused-ring (bicyclic) bond motifs is 1. The molecule has 0 aliphatic carbocycles. The largest absolute Gasteiger partial charge is 0.573 e. The molecule has 0 saturated carbocycles. The topological polar surface area (TPSA) is 83.2 Å². The molecule has 4 rings (SSSR count). The predicted molar refractivity (Wildman–Crippen MR) is 123 cm³/mol. The fourth-order valence-electron chi connectivity index (χ4n) is 3.55. The molecule has 0 fully saturated rings. The summed E-state index contributed by atoms with van der Waals surface area (Å²) < 4.78 is 42.2. The van der Waals surface area contributed by atoms with Crippen molar-refractivity contribution in [2.45, 2.75) is 25.4 Å². The number of para-hydroxylation sites is 2. The lowest BCUT2D eigenvalue weighted by atomic mass is 10.0. The molecule has 0 unspecified atom stereocenters. The first-order valence-corrected chi connectivity index (χ1v) is 11.2. The number of halogens is 3. The van der Waals surface area contributed by atoms with E-state index in [1.807, 2.05) is 24.3 Å². The number of carbonyl (C=O) groups excluding carboxylic acids is 2. The number of amides is 2. The van der Waals surface area contributed by atoms with E-state index in [0.717, 1.165) is 16.5 Å². The van der Waals surface area contributed by atoms with Crippen LogP contribution in [0.1, 0.15) is 20.8 Å². The van der Waals surface area contributed by atoms with Crippen molar-refractivity contribution in [1.82, 2.24) is 15.6 Å². The minimum Gasteiger partial charge on any atom is -0.405 e. The number of hydrogen-bond donors (Lipinski definition) is 3. The van der Waals surface area contributed by atoms with Gasteiger partial charge in [-0.2, -0.15) is 0 Å². The number of ether oxygens (including phenoxy) is 1. The molecule has 10 heteroatoms. The Morgan fingerprint density at radius 3 is 2.53 bits per heavy atom. The van der Waals surface area contributed by atoms with Crippen molar-refractivity contribution in [2.24, 2.45) is 0 Å². The molecule has 2 aromatic carbocycles. The molecule has 1 atom stereocenters. The van der Waals surface area contributed by atoms with Crippen LogP contribution in [0, 0.1) is 0 Å². The van der Waals surface area contributed by atoms with E-state index in [1.54, 1.807) is 29.8 Å². The number of hydrogen-bond acceptors (Lipinski definition) is 4. The summed E-state index contributed by atoms with van der Waals surface area (Å²) in [6, 6.07) is 15.5. The number of benzene rings is 2. The summed E-state index contributed by atoms with van der Waals surface area (Å²) in [5, 5.41) is 8.04. The molecule has 6 nitrogen and oxygen atoms in total. The van der Waals surface area contributed by atoms with Crippen LogP contribution in [-0.2, 0) is 17.8 Å². The van der Waals surface area contributed by atoms with Crippen LogP contribution >= 0.6 is 11.3 Å². The van der Waals surface area contributed by atoms with Crippen LogP contribution < -0.4 is 15.4 Å². The molecule has 2 aromatic heterocycles. The average Bonchev–Trinajstić information content (AvgIpc) is 3.47. The Morgan fingerprint density at radius 1 is 1.00 bits per heavy atom. The van der Waals surface area contributed by atoms with Crippen molar-refractivity contribution >= 4 is 34.1 Å². The molecule has 176 valence electrons. The third-order valence-corrected chi connectivity index (χ3v) is 5.99. The van der Waals surface area contributed by atoms with Crippen LogP contribution in [0.2, 0.25) is 0 Å². The monoisotopic (exact) mass is 487 g/mol. The van der Waals surface area contributed by atoms with E-state index in [2.05, 4.69) is 20.4 Å². The zero-order chi connectivity index (χ0) is 24.1. The second kappa shape index (κ2) is 10.0. The van der Waals surface area contributed by atoms with Gasteiger partial charge >= 0.3 is 6.36 Å². The first-order valence-electron chi connectivity index (χ1n) is 10.3. The Labute approximate surface area is 196 Å². The van der Waals surface area contributed by atoms with Gasteiger partial charge in [0.05, 0.1) is 4.88 Å². The van der Waals surface area contributed by atoms with Gasteiger partial charge in [0.1, 0.15) is 11.8 Å². The zero-order valence-corrected chi connectivity index (χ0v) is 18.5. The molecular formula is C24H20F3N3O3S. The zero-order valence-electron chi connectivity index (χ0n) is 17.7. The third kappa shape index (κ3) is 5.76. The summed E-state index contributed by atoms with van der Waals surface area (Å²) in [5.74, 6) is -1.33. The molecule has 2 heterocycles. The molecular weight excluding hydrogens is 467 g/mol. The molecule has 4 aromatic rings. The number of carbonyl (C=O) groups is 2. The Bertz CT molecular complexity index is 1290. The molecule has 3 N–H and O–H groups in total. The van der Waals surface area contributed by atoms with E-state index in [-0.39, 0.29) is 18.5 Å². The van der Waals surface area contributed by atoms with Gasteiger partial charge in [0.2, 0.25) is 5.91 Å². The maximum Gasteiger partial charge on any atom is 0.573 e. The highest BCUT2D eigenvalue weighted by atomic mass is 32.1. The van der Waals surface area contributed by atoms with Crippen molar-refractivity contribution in [3.63, 3.8) is 0 Å². The lowest BCUT2D eigenvalue weighted by Crippen LogP contribution is -2.47. The fourth-order valence-corrected chi connectivity index (χ4v) is 4.17. The van der Waals surface area contributed by atoms with Crippen LogP contribution in [-0.4, -0.2) is 29.2 Å². The number of thiophene rings is 1. The molecule has 0 aliphatic heterocycles. The Balaban J connectivity index is 1.52. The van der Waals surface area contributed by atoms with Crippen LogP contribution in [0.25, 0.3) is 10.9 Å². The normalized spacial score (nSPS) is 12.3. The number of aromatic nitrogens is 1. The van der Waals surface area contributed by atoms with Crippen LogP contribution in [0.15, 0.2) is 72.2 Å². The fraction of sp³-hybridized carbons (Fsp3) is 0.167. The van der Waals surface area contributed by atoms with Gasteiger partial charge in [0.15, 0.2) is 0 Å². The minimum absolute atomic E-state index is 0.156. The van der Waals surface area contributed by atoms with Gasteiger partial charge in [-0.1, -0.05) is 42.5 Å². The maximum atomic E-state index is 13.1. The maximum absolute atomic E-state index is 13.1. The molecule has 34 heavy (non-hydrogen) atoms. The summed E-state index contributed by atoms with van der Waals surface area (Å²) in [7, 11) is 0. The highest BCUT2D eigenvalue weighted by Crippen LogP contribution is 2.26. The van der Waals surface area contributed by atoms with Crippen molar-refractivity contribution in [2.75, 3.05) is 0 Å². The number of H-pyrrole nitrogens is 1. The van der Waals surface area contributed by atoms with E-state index >= 15 is 0 Å². The second-order valence-corrected chi connectivity index (χ2v) is 8.39. The van der Waals surface area contributed by atoms with Crippen LogP contribution in [0.5, 0.6) is 5.75 Å². The van der Waals surface area contributed by atoms with Gasteiger partial charge in [0, 0.05) is 35.6 Å². The van der Waals surface area contributed by atoms with Gasteiger partial charge in [-0.3, -0.25) is 9.59 Å². The van der Waals surface area contributed by atoms with Gasteiger partial charge < -0.3 is 20.4 Å². The average molecular weight is 488 g/mol. The molecule has 0 aliphatic rings. The van der Waals surface area contributed by atoms with Crippen molar-refractivity contribution in [3.8, 4) is 5.75 Å². The van der Waals surface area contributed by atoms with Gasteiger partial charge in [0.25, 0.3) is 5.91 Å². The number of nitrogens with one attached hydrogen (secondary N) is 3. The summed E-state index contributed by atoms with van der Waals surface area (Å²) in [4.78, 5) is 29.3. The van der Waals surface area contributed by atoms with Crippen molar-refractivity contribution < 1.29 is 27.5 Å². The van der Waals surface area contributed by atoms with E-state index in [4.69, 9.17) is 0 Å². The van der Waals surface area contributed by atoms with Gasteiger partial charge in [-0.15, -0.1) is 24.5 Å². The summed E-state index contributed by atoms with van der Waals surface area (Å²) in [6.07, 6.45) is -2.89. The second-order valence-electron chi connectivity index (χ2n) is 7.44. The van der Waals surface area contributed by atoms with Crippen LogP contribution in [0.3, 0.4) is 0 Å². The Hall–Kier alpha value is -3.79. The van der Waals surface area contributed by atoms with Crippen LogP contribution in [0.4, 0.5) is 13.2 Å². The number of alkyl halides is 3. The third-order valence-electron chi connectivity index (χ3n) is 5.12.